The van der Waals surface area contributed by atoms with Crippen LogP contribution in [0.15, 0.2) is 107 Å². The zero-order valence-electron chi connectivity index (χ0n) is 20.3. The second-order valence-corrected chi connectivity index (χ2v) is 11.4. The van der Waals surface area contributed by atoms with E-state index < -0.39 is 28.3 Å². The number of thioether (sulfide) groups is 1. The van der Waals surface area contributed by atoms with Crippen molar-refractivity contribution >= 4 is 50.7 Å². The van der Waals surface area contributed by atoms with E-state index >= 15 is 0 Å². The summed E-state index contributed by atoms with van der Waals surface area (Å²) in [6.45, 7) is -0.633. The number of para-hydroxylation sites is 2. The fraction of sp³-hybridized carbons (Fsp3) is 0.107. The van der Waals surface area contributed by atoms with Crippen molar-refractivity contribution in [2.24, 2.45) is 0 Å². The van der Waals surface area contributed by atoms with Crippen LogP contribution in [-0.4, -0.2) is 28.0 Å². The van der Waals surface area contributed by atoms with Gasteiger partial charge in [-0.3, -0.25) is 9.10 Å². The monoisotopic (exact) mass is 570 g/mol. The van der Waals surface area contributed by atoms with Gasteiger partial charge in [-0.05, 0) is 66.2 Å². The second-order valence-electron chi connectivity index (χ2n) is 8.10. The SMILES string of the molecule is COc1ccc(S(=O)(=O)N(CC(=O)Nc2ccccc2SCc2ccc(Cl)cc2)c2ccccc2F)cc1. The molecule has 4 rings (SSSR count). The molecular formula is C28H24ClFN2O4S2. The predicted octanol–water partition coefficient (Wildman–Crippen LogP) is 6.61. The molecule has 0 atom stereocenters. The molecule has 10 heteroatoms. The number of ether oxygens (including phenoxy) is 1. The average Bonchev–Trinajstić information content (AvgIpc) is 2.92. The molecule has 0 spiro atoms. The van der Waals surface area contributed by atoms with Gasteiger partial charge in [0.05, 0.1) is 23.4 Å². The molecular weight excluding hydrogens is 547 g/mol. The van der Waals surface area contributed by atoms with Gasteiger partial charge in [-0.2, -0.15) is 0 Å². The molecule has 38 heavy (non-hydrogen) atoms. The van der Waals surface area contributed by atoms with Crippen molar-refractivity contribution in [1.29, 1.82) is 0 Å². The number of methoxy groups -OCH3 is 1. The third-order valence-corrected chi connectivity index (χ3v) is 8.70. The number of amides is 1. The maximum Gasteiger partial charge on any atom is 0.264 e. The Morgan fingerprint density at radius 1 is 0.947 bits per heavy atom. The van der Waals surface area contributed by atoms with Gasteiger partial charge in [-0.15, -0.1) is 11.8 Å². The summed E-state index contributed by atoms with van der Waals surface area (Å²) in [5, 5.41) is 3.44. The lowest BCUT2D eigenvalue weighted by molar-refractivity contribution is -0.114. The third-order valence-electron chi connectivity index (χ3n) is 5.52. The smallest absolute Gasteiger partial charge is 0.264 e. The first-order valence-electron chi connectivity index (χ1n) is 11.5. The Morgan fingerprint density at radius 2 is 1.61 bits per heavy atom. The largest absolute Gasteiger partial charge is 0.497 e. The summed E-state index contributed by atoms with van der Waals surface area (Å²) in [7, 11) is -2.82. The molecule has 0 saturated carbocycles. The summed E-state index contributed by atoms with van der Waals surface area (Å²) in [6.07, 6.45) is 0. The number of carbonyl (C=O) groups excluding carboxylic acids is 1. The summed E-state index contributed by atoms with van der Waals surface area (Å²) in [6, 6.07) is 25.8. The van der Waals surface area contributed by atoms with E-state index in [0.29, 0.717) is 22.2 Å². The normalized spacial score (nSPS) is 11.1. The van der Waals surface area contributed by atoms with E-state index in [1.807, 2.05) is 36.4 Å². The van der Waals surface area contributed by atoms with Gasteiger partial charge in [-0.1, -0.05) is 48.0 Å². The number of nitrogens with one attached hydrogen (secondary N) is 1. The number of hydrogen-bond donors (Lipinski definition) is 1. The highest BCUT2D eigenvalue weighted by molar-refractivity contribution is 7.98. The number of nitrogens with zero attached hydrogens (tertiary/aromatic N) is 1. The van der Waals surface area contributed by atoms with Crippen LogP contribution in [0.5, 0.6) is 5.75 Å². The van der Waals surface area contributed by atoms with E-state index in [-0.39, 0.29) is 10.6 Å². The zero-order chi connectivity index (χ0) is 27.1. The van der Waals surface area contributed by atoms with E-state index in [1.54, 1.807) is 12.1 Å². The van der Waals surface area contributed by atoms with Gasteiger partial charge in [0, 0.05) is 15.7 Å². The van der Waals surface area contributed by atoms with Gasteiger partial charge in [0.15, 0.2) is 0 Å². The molecule has 0 aliphatic rings. The molecule has 0 fully saturated rings. The highest BCUT2D eigenvalue weighted by atomic mass is 35.5. The number of carbonyl (C=O) groups is 1. The minimum atomic E-state index is -4.29. The Balaban J connectivity index is 1.57. The van der Waals surface area contributed by atoms with Crippen LogP contribution < -0.4 is 14.4 Å². The van der Waals surface area contributed by atoms with E-state index in [1.165, 1.54) is 61.3 Å². The Morgan fingerprint density at radius 3 is 2.29 bits per heavy atom. The molecule has 1 amide bonds. The molecule has 0 aliphatic carbocycles. The van der Waals surface area contributed by atoms with Crippen molar-refractivity contribution in [2.45, 2.75) is 15.5 Å². The quantitative estimate of drug-likeness (QED) is 0.217. The van der Waals surface area contributed by atoms with Crippen LogP contribution in [0.3, 0.4) is 0 Å². The Hall–Kier alpha value is -3.53. The number of halogens is 2. The van der Waals surface area contributed by atoms with Crippen molar-refractivity contribution in [3.05, 3.63) is 113 Å². The van der Waals surface area contributed by atoms with Crippen molar-refractivity contribution in [3.63, 3.8) is 0 Å². The Kier molecular flexibility index (Phi) is 8.93. The molecule has 0 heterocycles. The van der Waals surface area contributed by atoms with Crippen molar-refractivity contribution in [3.8, 4) is 5.75 Å². The first kappa shape index (κ1) is 27.5. The van der Waals surface area contributed by atoms with Crippen molar-refractivity contribution < 1.29 is 22.3 Å². The van der Waals surface area contributed by atoms with Gasteiger partial charge in [0.1, 0.15) is 18.1 Å². The summed E-state index contributed by atoms with van der Waals surface area (Å²) >= 11 is 7.47. The molecule has 0 radical (unpaired) electrons. The minimum Gasteiger partial charge on any atom is -0.497 e. The van der Waals surface area contributed by atoms with E-state index in [9.17, 15) is 17.6 Å². The fourth-order valence-corrected chi connectivity index (χ4v) is 6.10. The van der Waals surface area contributed by atoms with Crippen molar-refractivity contribution in [1.82, 2.24) is 0 Å². The van der Waals surface area contributed by atoms with Crippen LogP contribution in [-0.2, 0) is 20.6 Å². The standard InChI is InChI=1S/C28H24ClFN2O4S2/c1-36-22-14-16-23(17-15-22)38(34,35)32(26-8-4-2-6-24(26)30)18-28(33)31-25-7-3-5-9-27(25)37-19-20-10-12-21(29)13-11-20/h2-17H,18-19H2,1H3,(H,31,33). The third kappa shape index (κ3) is 6.66. The van der Waals surface area contributed by atoms with Gasteiger partial charge in [-0.25, -0.2) is 12.8 Å². The number of benzene rings is 4. The molecule has 0 unspecified atom stereocenters. The minimum absolute atomic E-state index is 0.103. The van der Waals surface area contributed by atoms with Crippen LogP contribution in [0.1, 0.15) is 5.56 Å². The maximum absolute atomic E-state index is 14.8. The molecule has 4 aromatic rings. The van der Waals surface area contributed by atoms with Gasteiger partial charge in [0.25, 0.3) is 10.0 Å². The first-order chi connectivity index (χ1) is 18.3. The molecule has 0 bridgehead atoms. The molecule has 0 aromatic heterocycles. The second kappa shape index (κ2) is 12.3. The van der Waals surface area contributed by atoms with Crippen molar-refractivity contribution in [2.75, 3.05) is 23.3 Å². The Labute approximate surface area is 230 Å². The fourth-order valence-electron chi connectivity index (χ4n) is 3.59. The van der Waals surface area contributed by atoms with Crippen LogP contribution >= 0.6 is 23.4 Å². The van der Waals surface area contributed by atoms with Crippen LogP contribution in [0.2, 0.25) is 5.02 Å². The molecule has 0 aliphatic heterocycles. The lowest BCUT2D eigenvalue weighted by Crippen LogP contribution is -2.38. The Bertz CT molecular complexity index is 1510. The van der Waals surface area contributed by atoms with Crippen LogP contribution in [0.4, 0.5) is 15.8 Å². The van der Waals surface area contributed by atoms with Gasteiger partial charge >= 0.3 is 0 Å². The molecule has 4 aromatic carbocycles. The summed E-state index contributed by atoms with van der Waals surface area (Å²) in [5.41, 5.74) is 1.34. The topological polar surface area (TPSA) is 75.7 Å². The molecule has 6 nitrogen and oxygen atoms in total. The van der Waals surface area contributed by atoms with E-state index in [0.717, 1.165) is 20.8 Å². The van der Waals surface area contributed by atoms with Gasteiger partial charge < -0.3 is 10.1 Å². The van der Waals surface area contributed by atoms with Crippen LogP contribution in [0, 0.1) is 5.82 Å². The van der Waals surface area contributed by atoms with E-state index in [4.69, 9.17) is 16.3 Å². The lowest BCUT2D eigenvalue weighted by atomic mass is 10.2. The summed E-state index contributed by atoms with van der Waals surface area (Å²) in [4.78, 5) is 13.9. The average molecular weight is 571 g/mol. The first-order valence-corrected chi connectivity index (χ1v) is 14.3. The number of sulfonamides is 1. The summed E-state index contributed by atoms with van der Waals surface area (Å²) in [5.74, 6) is -0.287. The number of rotatable bonds is 10. The molecule has 196 valence electrons. The number of hydrogen-bond acceptors (Lipinski definition) is 5. The summed E-state index contributed by atoms with van der Waals surface area (Å²) < 4.78 is 47.7. The van der Waals surface area contributed by atoms with E-state index in [2.05, 4.69) is 5.32 Å². The lowest BCUT2D eigenvalue weighted by Gasteiger charge is -2.24. The highest BCUT2D eigenvalue weighted by Gasteiger charge is 2.29. The molecule has 0 saturated heterocycles. The zero-order valence-corrected chi connectivity index (χ0v) is 22.7. The molecule has 1 N–H and O–H groups in total. The predicted molar refractivity (Wildman–Crippen MR) is 150 cm³/mol. The number of anilines is 2. The van der Waals surface area contributed by atoms with Gasteiger partial charge in [0.2, 0.25) is 5.91 Å². The highest BCUT2D eigenvalue weighted by Crippen LogP contribution is 2.31. The van der Waals surface area contributed by atoms with Crippen LogP contribution in [0.25, 0.3) is 0 Å². The maximum atomic E-state index is 14.8.